The van der Waals surface area contributed by atoms with E-state index in [2.05, 4.69) is 44.2 Å². The van der Waals surface area contributed by atoms with Gasteiger partial charge in [0.2, 0.25) is 0 Å². The van der Waals surface area contributed by atoms with Gasteiger partial charge in [-0.3, -0.25) is 0 Å². The Labute approximate surface area is 116 Å². The fourth-order valence-corrected chi connectivity index (χ4v) is 3.22. The maximum Gasteiger partial charge on any atom is 0.0876 e. The summed E-state index contributed by atoms with van der Waals surface area (Å²) in [5, 5.41) is 0. The molecule has 0 spiro atoms. The number of hydrogen-bond donors (Lipinski definition) is 1. The zero-order chi connectivity index (χ0) is 13.7. The first-order valence-corrected chi connectivity index (χ1v) is 7.36. The molecule has 0 radical (unpaired) electrons. The molecular formula is C17H25NO. The minimum atomic E-state index is 0.0216. The van der Waals surface area contributed by atoms with Gasteiger partial charge >= 0.3 is 0 Å². The quantitative estimate of drug-likeness (QED) is 0.873. The average molecular weight is 259 g/mol. The molecule has 0 bridgehead atoms. The summed E-state index contributed by atoms with van der Waals surface area (Å²) in [6.07, 6.45) is 6.14. The minimum Gasteiger partial charge on any atom is -0.501 e. The molecule has 2 rings (SSSR count). The summed E-state index contributed by atoms with van der Waals surface area (Å²) in [5.74, 6) is 0. The molecule has 1 aromatic rings. The van der Waals surface area contributed by atoms with Crippen LogP contribution in [0.25, 0.3) is 0 Å². The molecule has 0 saturated heterocycles. The van der Waals surface area contributed by atoms with Crippen LogP contribution in [0.2, 0.25) is 0 Å². The Morgan fingerprint density at radius 2 is 1.89 bits per heavy atom. The molecule has 2 nitrogen and oxygen atoms in total. The van der Waals surface area contributed by atoms with Crippen LogP contribution < -0.4 is 5.73 Å². The summed E-state index contributed by atoms with van der Waals surface area (Å²) in [4.78, 5) is 0. The molecule has 1 heterocycles. The SMILES string of the molecule is CCC(CC)(c1ccccc1)C(N)C1=COCCC1. The summed E-state index contributed by atoms with van der Waals surface area (Å²) in [6, 6.07) is 10.7. The van der Waals surface area contributed by atoms with Gasteiger partial charge in [-0.05, 0) is 36.8 Å². The van der Waals surface area contributed by atoms with Crippen LogP contribution in [0.5, 0.6) is 0 Å². The third kappa shape index (κ3) is 2.69. The Balaban J connectivity index is 2.36. The number of nitrogens with two attached hydrogens (primary N) is 1. The van der Waals surface area contributed by atoms with Crippen molar-refractivity contribution in [3.63, 3.8) is 0 Å². The van der Waals surface area contributed by atoms with Crippen molar-refractivity contribution in [2.75, 3.05) is 6.61 Å². The van der Waals surface area contributed by atoms with E-state index in [0.29, 0.717) is 0 Å². The lowest BCUT2D eigenvalue weighted by Gasteiger charge is -2.40. The Bertz CT molecular complexity index is 420. The fourth-order valence-electron chi connectivity index (χ4n) is 3.22. The normalized spacial score (nSPS) is 17.5. The number of benzene rings is 1. The van der Waals surface area contributed by atoms with Crippen LogP contribution in [-0.4, -0.2) is 12.6 Å². The number of hydrogen-bond acceptors (Lipinski definition) is 2. The predicted octanol–water partition coefficient (Wildman–Crippen LogP) is 3.77. The molecular weight excluding hydrogens is 234 g/mol. The highest BCUT2D eigenvalue weighted by atomic mass is 16.5. The smallest absolute Gasteiger partial charge is 0.0876 e. The molecule has 19 heavy (non-hydrogen) atoms. The summed E-state index contributed by atoms with van der Waals surface area (Å²) in [5.41, 5.74) is 9.26. The Kier molecular flexibility index (Phi) is 4.65. The summed E-state index contributed by atoms with van der Waals surface area (Å²) in [7, 11) is 0. The van der Waals surface area contributed by atoms with E-state index in [-0.39, 0.29) is 11.5 Å². The van der Waals surface area contributed by atoms with Gasteiger partial charge in [-0.2, -0.15) is 0 Å². The van der Waals surface area contributed by atoms with Gasteiger partial charge < -0.3 is 10.5 Å². The molecule has 1 atom stereocenters. The second-order valence-corrected chi connectivity index (χ2v) is 5.37. The molecule has 1 aliphatic rings. The molecule has 0 aliphatic carbocycles. The van der Waals surface area contributed by atoms with Crippen LogP contribution in [0.15, 0.2) is 42.2 Å². The lowest BCUT2D eigenvalue weighted by atomic mass is 9.68. The van der Waals surface area contributed by atoms with Crippen molar-refractivity contribution in [3.05, 3.63) is 47.7 Å². The van der Waals surface area contributed by atoms with E-state index in [0.717, 1.165) is 32.3 Å². The maximum absolute atomic E-state index is 6.63. The van der Waals surface area contributed by atoms with Gasteiger partial charge in [0.15, 0.2) is 0 Å². The van der Waals surface area contributed by atoms with Crippen molar-refractivity contribution in [1.82, 2.24) is 0 Å². The third-order valence-electron chi connectivity index (χ3n) is 4.57. The Morgan fingerprint density at radius 3 is 2.42 bits per heavy atom. The molecule has 0 aromatic heterocycles. The fraction of sp³-hybridized carbons (Fsp3) is 0.529. The van der Waals surface area contributed by atoms with Crippen molar-refractivity contribution in [3.8, 4) is 0 Å². The van der Waals surface area contributed by atoms with Crippen molar-refractivity contribution < 1.29 is 4.74 Å². The largest absolute Gasteiger partial charge is 0.501 e. The third-order valence-corrected chi connectivity index (χ3v) is 4.57. The first-order valence-electron chi connectivity index (χ1n) is 7.36. The molecule has 0 saturated carbocycles. The van der Waals surface area contributed by atoms with E-state index in [1.54, 1.807) is 0 Å². The van der Waals surface area contributed by atoms with E-state index < -0.39 is 0 Å². The van der Waals surface area contributed by atoms with E-state index >= 15 is 0 Å². The highest BCUT2D eigenvalue weighted by Gasteiger charge is 2.37. The van der Waals surface area contributed by atoms with Crippen LogP contribution in [-0.2, 0) is 10.2 Å². The van der Waals surface area contributed by atoms with Crippen molar-refractivity contribution >= 4 is 0 Å². The topological polar surface area (TPSA) is 35.2 Å². The highest BCUT2D eigenvalue weighted by Crippen LogP contribution is 2.38. The summed E-state index contributed by atoms with van der Waals surface area (Å²) < 4.78 is 5.48. The number of ether oxygens (including phenoxy) is 1. The summed E-state index contributed by atoms with van der Waals surface area (Å²) >= 11 is 0. The van der Waals surface area contributed by atoms with Crippen LogP contribution in [0.1, 0.15) is 45.1 Å². The molecule has 2 N–H and O–H groups in total. The van der Waals surface area contributed by atoms with Gasteiger partial charge in [0.05, 0.1) is 12.9 Å². The van der Waals surface area contributed by atoms with E-state index in [1.165, 1.54) is 11.1 Å². The van der Waals surface area contributed by atoms with Crippen LogP contribution in [0, 0.1) is 0 Å². The van der Waals surface area contributed by atoms with Gasteiger partial charge in [0, 0.05) is 11.5 Å². The zero-order valence-corrected chi connectivity index (χ0v) is 12.1. The first-order chi connectivity index (χ1) is 9.24. The molecule has 1 aromatic carbocycles. The van der Waals surface area contributed by atoms with Gasteiger partial charge in [-0.15, -0.1) is 0 Å². The molecule has 1 aliphatic heterocycles. The highest BCUT2D eigenvalue weighted by molar-refractivity contribution is 5.32. The van der Waals surface area contributed by atoms with E-state index in [1.807, 2.05) is 6.26 Å². The monoisotopic (exact) mass is 259 g/mol. The van der Waals surface area contributed by atoms with Crippen molar-refractivity contribution in [2.45, 2.75) is 51.0 Å². The molecule has 104 valence electrons. The van der Waals surface area contributed by atoms with Gasteiger partial charge in [-0.25, -0.2) is 0 Å². The van der Waals surface area contributed by atoms with Crippen LogP contribution in [0.3, 0.4) is 0 Å². The average Bonchev–Trinajstić information content (AvgIpc) is 2.51. The molecule has 0 fully saturated rings. The molecule has 0 amide bonds. The van der Waals surface area contributed by atoms with Crippen LogP contribution >= 0.6 is 0 Å². The predicted molar refractivity (Wildman–Crippen MR) is 79.9 cm³/mol. The van der Waals surface area contributed by atoms with Crippen molar-refractivity contribution in [2.24, 2.45) is 5.73 Å². The minimum absolute atomic E-state index is 0.0216. The first kappa shape index (κ1) is 14.1. The standard InChI is InChI=1S/C17H25NO/c1-3-17(4-2,15-10-6-5-7-11-15)16(18)14-9-8-12-19-13-14/h5-7,10-11,13,16H,3-4,8-9,12,18H2,1-2H3. The maximum atomic E-state index is 6.63. The molecule has 1 unspecified atom stereocenters. The van der Waals surface area contributed by atoms with Crippen LogP contribution in [0.4, 0.5) is 0 Å². The van der Waals surface area contributed by atoms with E-state index in [9.17, 15) is 0 Å². The van der Waals surface area contributed by atoms with E-state index in [4.69, 9.17) is 10.5 Å². The second-order valence-electron chi connectivity index (χ2n) is 5.37. The lowest BCUT2D eigenvalue weighted by Crippen LogP contribution is -2.46. The van der Waals surface area contributed by atoms with Gasteiger partial charge in [0.1, 0.15) is 0 Å². The Morgan fingerprint density at radius 1 is 1.21 bits per heavy atom. The number of rotatable bonds is 5. The van der Waals surface area contributed by atoms with Crippen molar-refractivity contribution in [1.29, 1.82) is 0 Å². The Hall–Kier alpha value is -1.28. The zero-order valence-electron chi connectivity index (χ0n) is 12.1. The molecule has 2 heteroatoms. The second kappa shape index (κ2) is 6.25. The lowest BCUT2D eigenvalue weighted by molar-refractivity contribution is 0.212. The van der Waals surface area contributed by atoms with Gasteiger partial charge in [-0.1, -0.05) is 44.2 Å². The van der Waals surface area contributed by atoms with Gasteiger partial charge in [0.25, 0.3) is 0 Å². The summed E-state index contributed by atoms with van der Waals surface area (Å²) in [6.45, 7) is 5.30.